The number of hydrogen-bond acceptors (Lipinski definition) is 6. The van der Waals surface area contributed by atoms with Gasteiger partial charge in [-0.05, 0) is 30.3 Å². The highest BCUT2D eigenvalue weighted by Crippen LogP contribution is 2.28. The zero-order chi connectivity index (χ0) is 20.5. The van der Waals surface area contributed by atoms with E-state index in [9.17, 15) is 9.90 Å². The van der Waals surface area contributed by atoms with Crippen LogP contribution in [0.25, 0.3) is 6.08 Å². The topological polar surface area (TPSA) is 111 Å². The highest BCUT2D eigenvalue weighted by molar-refractivity contribution is 6.10. The van der Waals surface area contributed by atoms with E-state index in [2.05, 4.69) is 10.1 Å². The van der Waals surface area contributed by atoms with Crippen LogP contribution in [0.5, 0.6) is 17.4 Å². The minimum atomic E-state index is -0.541. The third kappa shape index (κ3) is 3.00. The number of aromatic nitrogens is 1. The lowest BCUT2D eigenvalue weighted by Gasteiger charge is -2.13. The molecule has 0 bridgehead atoms. The van der Waals surface area contributed by atoms with E-state index in [0.717, 1.165) is 0 Å². The smallest absolute Gasteiger partial charge is 0.260 e. The van der Waals surface area contributed by atoms with Crippen molar-refractivity contribution in [3.63, 3.8) is 0 Å². The summed E-state index contributed by atoms with van der Waals surface area (Å²) in [5, 5.41) is 25.0. The van der Waals surface area contributed by atoms with Crippen LogP contribution in [0, 0.1) is 5.41 Å². The van der Waals surface area contributed by atoms with E-state index in [4.69, 9.17) is 14.9 Å². The number of benzene rings is 2. The summed E-state index contributed by atoms with van der Waals surface area (Å²) in [5.74, 6) is 0.583. The molecule has 0 amide bonds. The monoisotopic (exact) mass is 390 g/mol. The number of fused-ring (bicyclic) bond motifs is 1. The lowest BCUT2D eigenvalue weighted by molar-refractivity contribution is 0.392. The van der Waals surface area contributed by atoms with Crippen LogP contribution in [0.4, 0.5) is 5.69 Å². The van der Waals surface area contributed by atoms with E-state index in [1.165, 1.54) is 19.2 Å². The van der Waals surface area contributed by atoms with Gasteiger partial charge in [0.15, 0.2) is 5.84 Å². The normalized spacial score (nSPS) is 13.2. The number of nitrogens with zero attached hydrogens (tertiary/aromatic N) is 2. The van der Waals surface area contributed by atoms with Crippen molar-refractivity contribution in [2.75, 3.05) is 19.2 Å². The summed E-state index contributed by atoms with van der Waals surface area (Å²) in [5.41, 5.74) is 0.798. The molecule has 0 unspecified atom stereocenters. The number of amidine groups is 1. The fourth-order valence-corrected chi connectivity index (χ4v) is 3.23. The van der Waals surface area contributed by atoms with Gasteiger partial charge in [-0.25, -0.2) is 5.01 Å². The van der Waals surface area contributed by atoms with E-state index in [0.29, 0.717) is 22.7 Å². The molecule has 0 saturated carbocycles. The second-order valence-corrected chi connectivity index (χ2v) is 6.26. The summed E-state index contributed by atoms with van der Waals surface area (Å²) in [7, 11) is 3.05. The van der Waals surface area contributed by atoms with Crippen molar-refractivity contribution in [3.8, 4) is 17.4 Å². The molecule has 1 aliphatic heterocycles. The van der Waals surface area contributed by atoms with E-state index in [1.54, 1.807) is 36.4 Å². The largest absolute Gasteiger partial charge is 0.496 e. The average Bonchev–Trinajstić information content (AvgIpc) is 3.09. The van der Waals surface area contributed by atoms with Crippen molar-refractivity contribution in [2.45, 2.75) is 0 Å². The van der Waals surface area contributed by atoms with Gasteiger partial charge in [0.25, 0.3) is 5.56 Å². The molecule has 4 rings (SSSR count). The third-order valence-corrected chi connectivity index (χ3v) is 4.61. The summed E-state index contributed by atoms with van der Waals surface area (Å²) >= 11 is 0. The molecule has 0 saturated heterocycles. The summed E-state index contributed by atoms with van der Waals surface area (Å²) in [6, 6.07) is 14.3. The summed E-state index contributed by atoms with van der Waals surface area (Å²) in [4.78, 5) is 15.1. The first kappa shape index (κ1) is 18.3. The molecular formula is C21H18N4O4. The summed E-state index contributed by atoms with van der Waals surface area (Å²) < 4.78 is 10.8. The molecule has 1 aromatic heterocycles. The molecule has 0 fully saturated rings. The second kappa shape index (κ2) is 7.16. The fraction of sp³-hybridized carbons (Fsp3) is 0.0952. The van der Waals surface area contributed by atoms with Gasteiger partial charge in [-0.15, -0.1) is 0 Å². The maximum absolute atomic E-state index is 12.7. The molecule has 3 N–H and O–H groups in total. The number of rotatable bonds is 4. The number of pyridine rings is 1. The van der Waals surface area contributed by atoms with Crippen molar-refractivity contribution in [1.82, 2.24) is 4.98 Å². The lowest BCUT2D eigenvalue weighted by Crippen LogP contribution is -2.42. The van der Waals surface area contributed by atoms with Crippen molar-refractivity contribution in [3.05, 3.63) is 80.6 Å². The molecule has 146 valence electrons. The maximum Gasteiger partial charge on any atom is 0.260 e. The molecule has 0 spiro atoms. The van der Waals surface area contributed by atoms with E-state index in [-0.39, 0.29) is 22.0 Å². The number of para-hydroxylation sites is 1. The number of hydrogen-bond donors (Lipinski definition) is 3. The van der Waals surface area contributed by atoms with Crippen LogP contribution in [0.2, 0.25) is 0 Å². The number of anilines is 1. The highest BCUT2D eigenvalue weighted by Gasteiger charge is 2.27. The first-order valence-electron chi connectivity index (χ1n) is 8.76. The number of aromatic amines is 1. The van der Waals surface area contributed by atoms with Crippen LogP contribution in [0.1, 0.15) is 11.1 Å². The molecule has 29 heavy (non-hydrogen) atoms. The van der Waals surface area contributed by atoms with Gasteiger partial charge in [-0.1, -0.05) is 24.3 Å². The number of aromatic hydroxyl groups is 1. The standard InChI is InChI=1S/C21H18N4O4/c1-28-15-9-6-10-16(29-2)13(15)11-14-18-17(21(27)23-20(14)26)19(22)25(24-18)12-7-4-3-5-8-12/h3-11,22,27H,1-2H3,(H,23,26). The van der Waals surface area contributed by atoms with Gasteiger partial charge in [-0.3, -0.25) is 15.2 Å². The lowest BCUT2D eigenvalue weighted by atomic mass is 10.1. The molecule has 3 aromatic rings. The van der Waals surface area contributed by atoms with Gasteiger partial charge < -0.3 is 14.6 Å². The van der Waals surface area contributed by atoms with E-state index in [1.807, 2.05) is 18.2 Å². The zero-order valence-electron chi connectivity index (χ0n) is 15.8. The van der Waals surface area contributed by atoms with Gasteiger partial charge in [0.2, 0.25) is 5.88 Å². The van der Waals surface area contributed by atoms with Gasteiger partial charge in [0, 0.05) is 0 Å². The Labute approximate surface area is 165 Å². The number of methoxy groups -OCH3 is 2. The molecular weight excluding hydrogens is 372 g/mol. The number of H-pyrrole nitrogens is 1. The summed E-state index contributed by atoms with van der Waals surface area (Å²) in [6.07, 6.45) is 1.58. The maximum atomic E-state index is 12.7. The van der Waals surface area contributed by atoms with Crippen LogP contribution in [-0.2, 0) is 0 Å². The van der Waals surface area contributed by atoms with Crippen LogP contribution < -0.4 is 30.6 Å². The predicted octanol–water partition coefficient (Wildman–Crippen LogP) is 1.31. The molecule has 1 aliphatic rings. The zero-order valence-corrected chi connectivity index (χ0v) is 15.8. The Kier molecular flexibility index (Phi) is 4.52. The van der Waals surface area contributed by atoms with E-state index >= 15 is 0 Å². The van der Waals surface area contributed by atoms with Crippen molar-refractivity contribution >= 4 is 17.6 Å². The number of ether oxygens (including phenoxy) is 2. The van der Waals surface area contributed by atoms with Crippen molar-refractivity contribution < 1.29 is 14.6 Å². The van der Waals surface area contributed by atoms with Gasteiger partial charge in [0.1, 0.15) is 22.4 Å². The molecule has 0 atom stereocenters. The van der Waals surface area contributed by atoms with Gasteiger partial charge in [0.05, 0.1) is 30.7 Å². The Morgan fingerprint density at radius 1 is 1.07 bits per heavy atom. The first-order chi connectivity index (χ1) is 14.0. The Morgan fingerprint density at radius 3 is 2.34 bits per heavy atom. The molecule has 2 aromatic carbocycles. The van der Waals surface area contributed by atoms with Gasteiger partial charge >= 0.3 is 0 Å². The molecule has 8 heteroatoms. The SMILES string of the molecule is COc1cccc(OC)c1C=c1c(=O)[nH]c(O)c2c1=NN(c1ccccc1)C2=N. The Hall–Kier alpha value is -4.07. The quantitative estimate of drug-likeness (QED) is 0.622. The predicted molar refractivity (Wildman–Crippen MR) is 108 cm³/mol. The Bertz CT molecular complexity index is 1260. The van der Waals surface area contributed by atoms with Gasteiger partial charge in [-0.2, -0.15) is 5.10 Å². The summed E-state index contributed by atoms with van der Waals surface area (Å²) in [6.45, 7) is 0. The fourth-order valence-electron chi connectivity index (χ4n) is 3.23. The molecule has 8 nitrogen and oxygen atoms in total. The molecule has 2 heterocycles. The first-order valence-corrected chi connectivity index (χ1v) is 8.76. The van der Waals surface area contributed by atoms with Crippen LogP contribution in [0.3, 0.4) is 0 Å². The highest BCUT2D eigenvalue weighted by atomic mass is 16.5. The van der Waals surface area contributed by atoms with Crippen LogP contribution >= 0.6 is 0 Å². The third-order valence-electron chi connectivity index (χ3n) is 4.61. The van der Waals surface area contributed by atoms with Crippen LogP contribution in [0.15, 0.2) is 58.4 Å². The Morgan fingerprint density at radius 2 is 1.72 bits per heavy atom. The molecule has 0 aliphatic carbocycles. The van der Waals surface area contributed by atoms with Crippen LogP contribution in [-0.4, -0.2) is 30.1 Å². The average molecular weight is 390 g/mol. The minimum absolute atomic E-state index is 0.0402. The van der Waals surface area contributed by atoms with Crippen molar-refractivity contribution in [1.29, 1.82) is 5.41 Å². The molecule has 0 radical (unpaired) electrons. The Balaban J connectivity index is 2.04. The minimum Gasteiger partial charge on any atom is -0.496 e. The number of nitrogens with one attached hydrogen (secondary N) is 2. The second-order valence-electron chi connectivity index (χ2n) is 6.26. The van der Waals surface area contributed by atoms with Crippen molar-refractivity contribution in [2.24, 2.45) is 5.10 Å². The van der Waals surface area contributed by atoms with E-state index < -0.39 is 11.4 Å².